The molecule has 1 aliphatic heterocycles. The minimum Gasteiger partial charge on any atom is -0.386 e. The number of nitrogens with zero attached hydrogens (tertiary/aromatic N) is 4. The summed E-state index contributed by atoms with van der Waals surface area (Å²) in [7, 11) is 1.92. The summed E-state index contributed by atoms with van der Waals surface area (Å²) in [6, 6.07) is 8.59. The molecular weight excluding hydrogens is 288 g/mol. The van der Waals surface area contributed by atoms with Crippen LogP contribution < -0.4 is 0 Å². The lowest BCUT2D eigenvalue weighted by Gasteiger charge is -2.33. The number of fused-ring (bicyclic) bond motifs is 4. The molecule has 0 saturated carbocycles. The molecular formula is C18H18N4O. The van der Waals surface area contributed by atoms with E-state index in [0.29, 0.717) is 0 Å². The van der Waals surface area contributed by atoms with Crippen LogP contribution in [0.25, 0.3) is 11.3 Å². The molecule has 0 radical (unpaired) electrons. The zero-order valence-electron chi connectivity index (χ0n) is 12.9. The van der Waals surface area contributed by atoms with Crippen molar-refractivity contribution in [1.29, 1.82) is 0 Å². The van der Waals surface area contributed by atoms with Crippen LogP contribution in [0.5, 0.6) is 0 Å². The maximum absolute atomic E-state index is 11.0. The van der Waals surface area contributed by atoms with Gasteiger partial charge in [0.2, 0.25) is 0 Å². The molecule has 0 saturated heterocycles. The summed E-state index contributed by atoms with van der Waals surface area (Å²) in [6.07, 6.45) is 7.22. The molecule has 1 aromatic carbocycles. The Morgan fingerprint density at radius 2 is 2.13 bits per heavy atom. The Morgan fingerprint density at radius 1 is 1.26 bits per heavy atom. The van der Waals surface area contributed by atoms with Crippen LogP contribution in [0.3, 0.4) is 0 Å². The number of benzene rings is 1. The van der Waals surface area contributed by atoms with Crippen molar-refractivity contribution in [2.45, 2.75) is 25.0 Å². The highest BCUT2D eigenvalue weighted by atomic mass is 16.3. The molecule has 0 spiro atoms. The van der Waals surface area contributed by atoms with E-state index in [9.17, 15) is 5.11 Å². The van der Waals surface area contributed by atoms with Crippen LogP contribution in [0, 0.1) is 5.92 Å². The molecule has 5 rings (SSSR count). The smallest absolute Gasteiger partial charge is 0.103 e. The Labute approximate surface area is 134 Å². The first-order valence-corrected chi connectivity index (χ1v) is 8.05. The van der Waals surface area contributed by atoms with Gasteiger partial charge >= 0.3 is 0 Å². The van der Waals surface area contributed by atoms with Gasteiger partial charge in [0.05, 0.1) is 30.0 Å². The van der Waals surface area contributed by atoms with Gasteiger partial charge in [0.15, 0.2) is 0 Å². The molecule has 1 aliphatic carbocycles. The Morgan fingerprint density at radius 3 is 3.04 bits per heavy atom. The molecule has 3 atom stereocenters. The van der Waals surface area contributed by atoms with E-state index in [4.69, 9.17) is 0 Å². The van der Waals surface area contributed by atoms with Crippen LogP contribution in [0.2, 0.25) is 0 Å². The maximum Gasteiger partial charge on any atom is 0.103 e. The normalized spacial score (nSPS) is 25.0. The average molecular weight is 306 g/mol. The van der Waals surface area contributed by atoms with Crippen molar-refractivity contribution in [2.75, 3.05) is 0 Å². The van der Waals surface area contributed by atoms with E-state index in [0.717, 1.165) is 24.2 Å². The van der Waals surface area contributed by atoms with Crippen LogP contribution >= 0.6 is 0 Å². The lowest BCUT2D eigenvalue weighted by atomic mass is 9.78. The molecule has 5 nitrogen and oxygen atoms in total. The van der Waals surface area contributed by atoms with Crippen LogP contribution in [0.1, 0.15) is 35.4 Å². The van der Waals surface area contributed by atoms with Crippen molar-refractivity contribution in [3.05, 3.63) is 59.8 Å². The van der Waals surface area contributed by atoms with E-state index in [2.05, 4.69) is 38.9 Å². The van der Waals surface area contributed by atoms with E-state index in [-0.39, 0.29) is 12.0 Å². The molecule has 2 aliphatic rings. The lowest BCUT2D eigenvalue weighted by molar-refractivity contribution is 0.0681. The maximum atomic E-state index is 11.0. The van der Waals surface area contributed by atoms with Gasteiger partial charge in [-0.2, -0.15) is 5.10 Å². The van der Waals surface area contributed by atoms with Gasteiger partial charge in [-0.3, -0.25) is 4.68 Å². The largest absolute Gasteiger partial charge is 0.386 e. The summed E-state index contributed by atoms with van der Waals surface area (Å²) in [6.45, 7) is 0. The number of aliphatic hydroxyl groups excluding tert-OH is 1. The van der Waals surface area contributed by atoms with E-state index < -0.39 is 6.10 Å². The Kier molecular flexibility index (Phi) is 2.59. The monoisotopic (exact) mass is 306 g/mol. The van der Waals surface area contributed by atoms with Crippen molar-refractivity contribution in [2.24, 2.45) is 13.0 Å². The fraction of sp³-hybridized carbons (Fsp3) is 0.333. The highest BCUT2D eigenvalue weighted by Gasteiger charge is 2.41. The summed E-state index contributed by atoms with van der Waals surface area (Å²) >= 11 is 0. The number of imidazole rings is 1. The summed E-state index contributed by atoms with van der Waals surface area (Å²) in [5.41, 5.74) is 5.68. The molecule has 3 aromatic rings. The Bertz CT molecular complexity index is 894. The molecule has 0 fully saturated rings. The second-order valence-corrected chi connectivity index (χ2v) is 6.58. The van der Waals surface area contributed by atoms with Gasteiger partial charge in [-0.15, -0.1) is 0 Å². The molecule has 1 N–H and O–H groups in total. The average Bonchev–Trinajstić information content (AvgIpc) is 3.22. The molecule has 0 bridgehead atoms. The van der Waals surface area contributed by atoms with Crippen molar-refractivity contribution in [3.8, 4) is 11.3 Å². The minimum absolute atomic E-state index is 0.119. The molecule has 1 unspecified atom stereocenters. The quantitative estimate of drug-likeness (QED) is 0.751. The lowest BCUT2D eigenvalue weighted by Crippen LogP contribution is -2.28. The van der Waals surface area contributed by atoms with Gasteiger partial charge in [-0.05, 0) is 24.0 Å². The molecule has 116 valence electrons. The van der Waals surface area contributed by atoms with Crippen LogP contribution in [-0.4, -0.2) is 24.4 Å². The fourth-order valence-electron chi connectivity index (χ4n) is 4.32. The SMILES string of the molecule is Cn1cc2c(n1)[C@H](O)[C@H](C1c3ccccc3-c3cncn31)CC2. The third-order valence-electron chi connectivity index (χ3n) is 5.30. The molecule has 0 amide bonds. The number of aromatic nitrogens is 4. The summed E-state index contributed by atoms with van der Waals surface area (Å²) in [5.74, 6) is 0.119. The van der Waals surface area contributed by atoms with Gasteiger partial charge in [0, 0.05) is 24.7 Å². The Balaban J connectivity index is 1.63. The first-order chi connectivity index (χ1) is 11.2. The summed E-state index contributed by atoms with van der Waals surface area (Å²) in [4.78, 5) is 4.32. The van der Waals surface area contributed by atoms with E-state index in [1.165, 1.54) is 16.7 Å². The van der Waals surface area contributed by atoms with E-state index in [1.807, 2.05) is 30.5 Å². The highest BCUT2D eigenvalue weighted by molar-refractivity contribution is 5.69. The first kappa shape index (κ1) is 13.1. The zero-order chi connectivity index (χ0) is 15.6. The summed E-state index contributed by atoms with van der Waals surface area (Å²) in [5, 5.41) is 15.5. The number of aryl methyl sites for hydroxylation is 2. The number of aliphatic hydroxyl groups is 1. The van der Waals surface area contributed by atoms with Crippen molar-refractivity contribution < 1.29 is 5.11 Å². The fourth-order valence-corrected chi connectivity index (χ4v) is 4.32. The second-order valence-electron chi connectivity index (χ2n) is 6.58. The summed E-state index contributed by atoms with van der Waals surface area (Å²) < 4.78 is 4.02. The van der Waals surface area contributed by atoms with Gasteiger partial charge in [0.1, 0.15) is 6.10 Å². The topological polar surface area (TPSA) is 55.9 Å². The predicted octanol–water partition coefficient (Wildman–Crippen LogP) is 2.48. The minimum atomic E-state index is -0.536. The molecule has 3 heterocycles. The van der Waals surface area contributed by atoms with Gasteiger partial charge in [0.25, 0.3) is 0 Å². The molecule has 2 aromatic heterocycles. The number of hydrogen-bond donors (Lipinski definition) is 1. The molecule has 23 heavy (non-hydrogen) atoms. The van der Waals surface area contributed by atoms with Gasteiger partial charge < -0.3 is 9.67 Å². The van der Waals surface area contributed by atoms with Gasteiger partial charge in [-0.25, -0.2) is 4.98 Å². The van der Waals surface area contributed by atoms with E-state index in [1.54, 1.807) is 0 Å². The second kappa shape index (κ2) is 4.55. The highest BCUT2D eigenvalue weighted by Crippen LogP contribution is 2.49. The van der Waals surface area contributed by atoms with Crippen molar-refractivity contribution >= 4 is 0 Å². The number of hydrogen-bond acceptors (Lipinski definition) is 3. The third kappa shape index (κ3) is 1.71. The predicted molar refractivity (Wildman–Crippen MR) is 85.8 cm³/mol. The number of rotatable bonds is 1. The van der Waals surface area contributed by atoms with E-state index >= 15 is 0 Å². The first-order valence-electron chi connectivity index (χ1n) is 8.05. The standard InChI is InChI=1S/C18H18N4O/c1-21-9-11-6-7-14(18(23)16(11)20-21)17-13-5-3-2-4-12(13)15-8-19-10-22(15)17/h2-5,8-10,14,17-18,23H,6-7H2,1H3/t14-,17?,18+/m0/s1. The van der Waals surface area contributed by atoms with Gasteiger partial charge in [-0.1, -0.05) is 24.3 Å². The zero-order valence-corrected chi connectivity index (χ0v) is 12.9. The third-order valence-corrected chi connectivity index (χ3v) is 5.30. The van der Waals surface area contributed by atoms with Crippen LogP contribution in [-0.2, 0) is 13.5 Å². The van der Waals surface area contributed by atoms with Crippen molar-refractivity contribution in [3.63, 3.8) is 0 Å². The van der Waals surface area contributed by atoms with Crippen LogP contribution in [0.4, 0.5) is 0 Å². The van der Waals surface area contributed by atoms with Crippen LogP contribution in [0.15, 0.2) is 43.0 Å². The van der Waals surface area contributed by atoms with Crippen molar-refractivity contribution in [1.82, 2.24) is 19.3 Å². The Hall–Kier alpha value is -2.40. The molecule has 5 heteroatoms.